The Hall–Kier alpha value is -1.01. The molecule has 2 aliphatic rings. The summed E-state index contributed by atoms with van der Waals surface area (Å²) in [5.74, 6) is -2.24. The molecule has 1 saturated heterocycles. The zero-order valence-electron chi connectivity index (χ0n) is 16.6. The summed E-state index contributed by atoms with van der Waals surface area (Å²) in [6, 6.07) is 0. The van der Waals surface area contributed by atoms with Crippen LogP contribution in [0.4, 0.5) is 0 Å². The summed E-state index contributed by atoms with van der Waals surface area (Å²) in [5, 5.41) is 28.0. The number of ether oxygens (including phenoxy) is 1. The number of aliphatic hydroxyl groups is 3. The molecule has 0 aromatic rings. The smallest absolute Gasteiger partial charge is 0.226 e. The lowest BCUT2D eigenvalue weighted by Gasteiger charge is -2.20. The molecule has 1 saturated carbocycles. The predicted octanol–water partition coefficient (Wildman–Crippen LogP) is 3.28. The topological polar surface area (TPSA) is 87.0 Å². The van der Waals surface area contributed by atoms with Crippen LogP contribution in [0.3, 0.4) is 0 Å². The van der Waals surface area contributed by atoms with Gasteiger partial charge >= 0.3 is 0 Å². The maximum Gasteiger partial charge on any atom is 0.226 e. The standard InChI is InChI=1S/C22H36O5/c1-3-7-16(2)8-4-5-9-17-11-12-20-19(17)14-18(27-20)10-6-13-22(25,26)21(24)15-23/h5,9,17-20,23,25-26H,2-4,6-8,10-15H2,1H3/t17-,18-,19+,20+/m0/s1. The molecule has 0 bridgehead atoms. The van der Waals surface area contributed by atoms with E-state index in [2.05, 4.69) is 25.7 Å². The molecule has 1 aliphatic carbocycles. The molecule has 0 aromatic heterocycles. The summed E-state index contributed by atoms with van der Waals surface area (Å²) in [4.78, 5) is 11.3. The van der Waals surface area contributed by atoms with Crippen LogP contribution in [0, 0.1) is 11.8 Å². The fraction of sp³-hybridized carbons (Fsp3) is 0.773. The van der Waals surface area contributed by atoms with Gasteiger partial charge in [0.05, 0.1) is 12.2 Å². The van der Waals surface area contributed by atoms with Crippen molar-refractivity contribution in [1.29, 1.82) is 0 Å². The van der Waals surface area contributed by atoms with Crippen LogP contribution in [0.1, 0.15) is 71.1 Å². The molecule has 0 amide bonds. The van der Waals surface area contributed by atoms with Crippen LogP contribution in [-0.2, 0) is 9.53 Å². The summed E-state index contributed by atoms with van der Waals surface area (Å²) in [6.07, 6.45) is 13.9. The molecule has 0 radical (unpaired) electrons. The van der Waals surface area contributed by atoms with E-state index >= 15 is 0 Å². The van der Waals surface area contributed by atoms with E-state index in [1.54, 1.807) is 0 Å². The van der Waals surface area contributed by atoms with Gasteiger partial charge in [-0.1, -0.05) is 37.6 Å². The maximum absolute atomic E-state index is 11.3. The minimum Gasteiger partial charge on any atom is -0.388 e. The molecule has 3 N–H and O–H groups in total. The molecule has 1 heterocycles. The van der Waals surface area contributed by atoms with Crippen LogP contribution >= 0.6 is 0 Å². The molecule has 0 spiro atoms. The Bertz CT molecular complexity index is 525. The number of aliphatic hydroxyl groups excluding tert-OH is 1. The van der Waals surface area contributed by atoms with Gasteiger partial charge in [0.15, 0.2) is 0 Å². The van der Waals surface area contributed by atoms with Crippen LogP contribution in [0.15, 0.2) is 24.3 Å². The molecule has 5 nitrogen and oxygen atoms in total. The van der Waals surface area contributed by atoms with Crippen LogP contribution < -0.4 is 0 Å². The van der Waals surface area contributed by atoms with Gasteiger partial charge in [-0.3, -0.25) is 4.79 Å². The highest BCUT2D eigenvalue weighted by atomic mass is 16.5. The second kappa shape index (κ2) is 10.5. The molecular weight excluding hydrogens is 344 g/mol. The lowest BCUT2D eigenvalue weighted by atomic mass is 9.89. The number of hydrogen-bond acceptors (Lipinski definition) is 5. The largest absolute Gasteiger partial charge is 0.388 e. The van der Waals surface area contributed by atoms with Gasteiger partial charge < -0.3 is 20.1 Å². The van der Waals surface area contributed by atoms with Crippen molar-refractivity contribution in [3.8, 4) is 0 Å². The van der Waals surface area contributed by atoms with E-state index in [1.165, 1.54) is 12.0 Å². The third-order valence-corrected chi connectivity index (χ3v) is 6.01. The quantitative estimate of drug-likeness (QED) is 0.357. The van der Waals surface area contributed by atoms with Gasteiger partial charge in [-0.05, 0) is 63.2 Å². The van der Waals surface area contributed by atoms with E-state index in [-0.39, 0.29) is 12.5 Å². The molecule has 0 aromatic carbocycles. The highest BCUT2D eigenvalue weighted by Gasteiger charge is 2.43. The van der Waals surface area contributed by atoms with Gasteiger partial charge in [0.2, 0.25) is 11.6 Å². The zero-order chi connectivity index (χ0) is 19.9. The number of carbonyl (C=O) groups is 1. The predicted molar refractivity (Wildman–Crippen MR) is 105 cm³/mol. The Morgan fingerprint density at radius 1 is 1.30 bits per heavy atom. The Kier molecular flexibility index (Phi) is 8.67. The summed E-state index contributed by atoms with van der Waals surface area (Å²) in [6.45, 7) is 5.45. The zero-order valence-corrected chi connectivity index (χ0v) is 16.6. The summed E-state index contributed by atoms with van der Waals surface area (Å²) in [7, 11) is 0. The molecule has 154 valence electrons. The van der Waals surface area contributed by atoms with Crippen molar-refractivity contribution in [2.24, 2.45) is 11.8 Å². The first-order chi connectivity index (χ1) is 12.9. The van der Waals surface area contributed by atoms with Crippen molar-refractivity contribution < 1.29 is 24.9 Å². The fourth-order valence-corrected chi connectivity index (χ4v) is 4.47. The number of rotatable bonds is 12. The van der Waals surface area contributed by atoms with E-state index < -0.39 is 18.2 Å². The van der Waals surface area contributed by atoms with Gasteiger partial charge in [-0.25, -0.2) is 0 Å². The van der Waals surface area contributed by atoms with Crippen molar-refractivity contribution in [1.82, 2.24) is 0 Å². The van der Waals surface area contributed by atoms with Gasteiger partial charge in [-0.15, -0.1) is 0 Å². The van der Waals surface area contributed by atoms with E-state index in [4.69, 9.17) is 9.84 Å². The molecule has 2 fully saturated rings. The average molecular weight is 381 g/mol. The van der Waals surface area contributed by atoms with Crippen LogP contribution in [0.5, 0.6) is 0 Å². The first-order valence-corrected chi connectivity index (χ1v) is 10.4. The molecular formula is C22H36O5. The Labute approximate surface area is 163 Å². The summed E-state index contributed by atoms with van der Waals surface area (Å²) < 4.78 is 6.15. The average Bonchev–Trinajstić information content (AvgIpc) is 3.19. The van der Waals surface area contributed by atoms with Crippen molar-refractivity contribution in [2.75, 3.05) is 6.61 Å². The second-order valence-corrected chi connectivity index (χ2v) is 8.19. The fourth-order valence-electron chi connectivity index (χ4n) is 4.47. The van der Waals surface area contributed by atoms with Crippen molar-refractivity contribution in [3.63, 3.8) is 0 Å². The third-order valence-electron chi connectivity index (χ3n) is 6.01. The van der Waals surface area contributed by atoms with Gasteiger partial charge in [-0.2, -0.15) is 0 Å². The van der Waals surface area contributed by atoms with Gasteiger partial charge in [0.25, 0.3) is 0 Å². The molecule has 5 heteroatoms. The van der Waals surface area contributed by atoms with Crippen LogP contribution in [-0.4, -0.2) is 45.7 Å². The molecule has 2 rings (SSSR count). The van der Waals surface area contributed by atoms with Crippen LogP contribution in [0.2, 0.25) is 0 Å². The Morgan fingerprint density at radius 2 is 2.07 bits per heavy atom. The van der Waals surface area contributed by atoms with E-state index in [1.807, 2.05) is 0 Å². The number of hydrogen-bond donors (Lipinski definition) is 3. The Balaban J connectivity index is 1.71. The molecule has 1 aliphatic heterocycles. The minimum atomic E-state index is -2.42. The number of Topliss-reactive ketones (excluding diaryl/α,β-unsaturated/α-hetero) is 1. The van der Waals surface area contributed by atoms with Crippen LogP contribution in [0.25, 0.3) is 0 Å². The highest BCUT2D eigenvalue weighted by molar-refractivity contribution is 5.86. The minimum absolute atomic E-state index is 0.0629. The first kappa shape index (κ1) is 22.3. The van der Waals surface area contributed by atoms with E-state index in [0.29, 0.717) is 30.8 Å². The number of allylic oxidation sites excluding steroid dienone is 3. The SMILES string of the molecule is C=C(CCC)CCC=C[C@H]1CC[C@H]2O[C@@H](CCCC(O)(O)C(=O)CO)C[C@H]12. The maximum atomic E-state index is 11.3. The number of ketones is 1. The molecule has 0 unspecified atom stereocenters. The highest BCUT2D eigenvalue weighted by Crippen LogP contribution is 2.45. The van der Waals surface area contributed by atoms with Crippen molar-refractivity contribution in [2.45, 2.75) is 89.1 Å². The first-order valence-electron chi connectivity index (χ1n) is 10.4. The number of fused-ring (bicyclic) bond motifs is 1. The second-order valence-electron chi connectivity index (χ2n) is 8.19. The Morgan fingerprint density at radius 3 is 2.78 bits per heavy atom. The van der Waals surface area contributed by atoms with Gasteiger partial charge in [0, 0.05) is 6.42 Å². The summed E-state index contributed by atoms with van der Waals surface area (Å²) >= 11 is 0. The van der Waals surface area contributed by atoms with Crippen molar-refractivity contribution >= 4 is 5.78 Å². The summed E-state index contributed by atoms with van der Waals surface area (Å²) in [5.41, 5.74) is 1.33. The van der Waals surface area contributed by atoms with E-state index in [9.17, 15) is 15.0 Å². The molecule has 27 heavy (non-hydrogen) atoms. The lowest BCUT2D eigenvalue weighted by molar-refractivity contribution is -0.188. The van der Waals surface area contributed by atoms with Crippen molar-refractivity contribution in [3.05, 3.63) is 24.3 Å². The lowest BCUT2D eigenvalue weighted by Crippen LogP contribution is -2.40. The normalized spacial score (nSPS) is 28.0. The monoisotopic (exact) mass is 380 g/mol. The van der Waals surface area contributed by atoms with E-state index in [0.717, 1.165) is 38.5 Å². The van der Waals surface area contributed by atoms with Gasteiger partial charge in [0.1, 0.15) is 6.61 Å². The number of carbonyl (C=O) groups excluding carboxylic acids is 1. The molecule has 4 atom stereocenters. The third kappa shape index (κ3) is 6.53.